The van der Waals surface area contributed by atoms with Gasteiger partial charge in [0.1, 0.15) is 43.9 Å². The molecule has 3 aromatic rings. The van der Waals surface area contributed by atoms with E-state index in [1.165, 1.54) is 26.4 Å². The van der Waals surface area contributed by atoms with Gasteiger partial charge in [-0.15, -0.1) is 5.10 Å². The molecule has 4 N–H and O–H groups in total. The number of ether oxygens (including phenoxy) is 5. The molecule has 0 spiro atoms. The number of aromatic nitrogens is 3. The number of aliphatic hydroxyl groups excluding tert-OH is 3. The molecule has 0 aliphatic carbocycles. The van der Waals surface area contributed by atoms with Crippen molar-refractivity contribution >= 4 is 35.5 Å². The summed E-state index contributed by atoms with van der Waals surface area (Å²) < 4.78 is 28.6. The van der Waals surface area contributed by atoms with Gasteiger partial charge in [0, 0.05) is 44.8 Å². The first-order valence-corrected chi connectivity index (χ1v) is 15.1. The van der Waals surface area contributed by atoms with E-state index in [1.54, 1.807) is 35.1 Å². The summed E-state index contributed by atoms with van der Waals surface area (Å²) in [4.78, 5) is 35.8. The molecule has 1 saturated heterocycles. The lowest BCUT2D eigenvalue weighted by Gasteiger charge is -2.39. The highest BCUT2D eigenvalue weighted by atomic mass is 35.5. The molecular formula is C31H37ClN4O11. The largest absolute Gasteiger partial charge is 0.493 e. The van der Waals surface area contributed by atoms with Gasteiger partial charge in [-0.2, -0.15) is 0 Å². The first-order valence-electron chi connectivity index (χ1n) is 14.7. The number of aldehydes is 1. The van der Waals surface area contributed by atoms with Crippen molar-refractivity contribution in [3.8, 4) is 11.5 Å². The lowest BCUT2D eigenvalue weighted by Crippen LogP contribution is -2.59. The molecule has 254 valence electrons. The molecule has 0 unspecified atom stereocenters. The molecule has 47 heavy (non-hydrogen) atoms. The lowest BCUT2D eigenvalue weighted by molar-refractivity contribution is -0.294. The normalized spacial score (nSPS) is 20.8. The van der Waals surface area contributed by atoms with Crippen LogP contribution in [0, 0.1) is 0 Å². The minimum absolute atomic E-state index is 0.0264. The van der Waals surface area contributed by atoms with Crippen molar-refractivity contribution in [2.24, 2.45) is 0 Å². The number of halogens is 1. The molecule has 1 aliphatic rings. The Balaban J connectivity index is 1.30. The van der Waals surface area contributed by atoms with Gasteiger partial charge in [0.15, 0.2) is 17.8 Å². The Morgan fingerprint density at radius 3 is 2.68 bits per heavy atom. The zero-order valence-electron chi connectivity index (χ0n) is 25.8. The highest BCUT2D eigenvalue weighted by molar-refractivity contribution is 6.32. The third-order valence-corrected chi connectivity index (χ3v) is 7.52. The van der Waals surface area contributed by atoms with Crippen LogP contribution in [0.5, 0.6) is 11.5 Å². The number of hydrogen-bond acceptors (Lipinski definition) is 13. The molecule has 0 bridgehead atoms. The van der Waals surface area contributed by atoms with Gasteiger partial charge in [-0.25, -0.2) is 4.79 Å². The van der Waals surface area contributed by atoms with Crippen molar-refractivity contribution in [2.45, 2.75) is 69.5 Å². The Hall–Kier alpha value is -4.12. The molecule has 4 rings (SSSR count). The molecule has 2 heterocycles. The number of rotatable bonds is 16. The number of benzene rings is 2. The Kier molecular flexibility index (Phi) is 13.0. The number of carbonyl (C=O) groups is 3. The van der Waals surface area contributed by atoms with Crippen LogP contribution in [0.1, 0.15) is 40.9 Å². The maximum atomic E-state index is 12.8. The summed E-state index contributed by atoms with van der Waals surface area (Å²) in [6.45, 7) is 0.195. The van der Waals surface area contributed by atoms with Crippen molar-refractivity contribution in [3.05, 3.63) is 64.4 Å². The maximum absolute atomic E-state index is 12.8. The molecule has 1 aliphatic heterocycles. The fraction of sp³-hybridized carbons (Fsp3) is 0.452. The summed E-state index contributed by atoms with van der Waals surface area (Å²) in [5.74, 6) is -0.695. The Morgan fingerprint density at radius 2 is 1.94 bits per heavy atom. The first kappa shape index (κ1) is 35.7. The van der Waals surface area contributed by atoms with E-state index in [4.69, 9.17) is 35.3 Å². The predicted octanol–water partition coefficient (Wildman–Crippen LogP) is 1.68. The van der Waals surface area contributed by atoms with E-state index in [0.29, 0.717) is 37.2 Å². The average molecular weight is 677 g/mol. The van der Waals surface area contributed by atoms with Gasteiger partial charge >= 0.3 is 5.97 Å². The molecule has 0 radical (unpaired) electrons. The van der Waals surface area contributed by atoms with Gasteiger partial charge in [0.25, 0.3) is 0 Å². The van der Waals surface area contributed by atoms with Crippen LogP contribution in [0.3, 0.4) is 0 Å². The summed E-state index contributed by atoms with van der Waals surface area (Å²) in [6, 6.07) is 9.76. The average Bonchev–Trinajstić information content (AvgIpc) is 3.53. The van der Waals surface area contributed by atoms with E-state index in [2.05, 4.69) is 15.6 Å². The van der Waals surface area contributed by atoms with Crippen LogP contribution in [0.25, 0.3) is 0 Å². The number of methoxy groups -OCH3 is 2. The number of amides is 1. The summed E-state index contributed by atoms with van der Waals surface area (Å²) in [5.41, 5.74) is 1.99. The molecule has 16 heteroatoms. The maximum Gasteiger partial charge on any atom is 0.338 e. The van der Waals surface area contributed by atoms with Gasteiger partial charge < -0.3 is 49.1 Å². The van der Waals surface area contributed by atoms with Gasteiger partial charge in [0.05, 0.1) is 23.4 Å². The minimum atomic E-state index is -1.56. The van der Waals surface area contributed by atoms with Crippen LogP contribution in [-0.2, 0) is 43.4 Å². The summed E-state index contributed by atoms with van der Waals surface area (Å²) >= 11 is 6.45. The van der Waals surface area contributed by atoms with Crippen LogP contribution in [-0.4, -0.2) is 100 Å². The summed E-state index contributed by atoms with van der Waals surface area (Å²) in [6.07, 6.45) is -2.59. The quantitative estimate of drug-likeness (QED) is 0.0971. The van der Waals surface area contributed by atoms with Gasteiger partial charge in [-0.05, 0) is 36.2 Å². The van der Waals surface area contributed by atoms with E-state index in [1.807, 2.05) is 0 Å². The van der Waals surface area contributed by atoms with Gasteiger partial charge in [-0.1, -0.05) is 28.9 Å². The number of hydrogen-bond donors (Lipinski definition) is 4. The van der Waals surface area contributed by atoms with Gasteiger partial charge in [0.2, 0.25) is 5.91 Å². The van der Waals surface area contributed by atoms with E-state index in [0.717, 1.165) is 11.8 Å². The molecule has 1 fully saturated rings. The fourth-order valence-corrected chi connectivity index (χ4v) is 4.99. The lowest BCUT2D eigenvalue weighted by atomic mass is 9.99. The van der Waals surface area contributed by atoms with E-state index in [-0.39, 0.29) is 41.0 Å². The van der Waals surface area contributed by atoms with E-state index in [9.17, 15) is 29.7 Å². The Morgan fingerprint density at radius 1 is 1.13 bits per heavy atom. The fourth-order valence-electron chi connectivity index (χ4n) is 4.73. The predicted molar refractivity (Wildman–Crippen MR) is 165 cm³/mol. The van der Waals surface area contributed by atoms with Crippen molar-refractivity contribution in [1.82, 2.24) is 15.0 Å². The number of unbranched alkanes of at least 4 members (excludes halogenated alkanes) is 1. The van der Waals surface area contributed by atoms with Crippen LogP contribution in [0.2, 0.25) is 5.02 Å². The molecule has 0 saturated carbocycles. The van der Waals surface area contributed by atoms with Crippen molar-refractivity contribution in [2.75, 3.05) is 26.1 Å². The van der Waals surface area contributed by atoms with E-state index < -0.39 is 43.3 Å². The first-order chi connectivity index (χ1) is 22.6. The number of nitrogens with one attached hydrogen (secondary N) is 1. The van der Waals surface area contributed by atoms with E-state index >= 15 is 0 Å². The summed E-state index contributed by atoms with van der Waals surface area (Å²) in [7, 11) is 2.64. The highest BCUT2D eigenvalue weighted by Gasteiger charge is 2.44. The SMILES string of the molecule is COc1cc(C(=O)OC[C@H]2O[C@H](OC)[C@H](O)[C@@H](O)[C@@H]2O)cc(Cl)c1OCc1cccc(NC(=O)CCc2cn(CCCC=O)nn2)c1. The topological polar surface area (TPSA) is 201 Å². The molecule has 1 amide bonds. The van der Waals surface area contributed by atoms with Crippen molar-refractivity contribution in [3.63, 3.8) is 0 Å². The number of anilines is 1. The third-order valence-electron chi connectivity index (χ3n) is 7.24. The molecular weight excluding hydrogens is 640 g/mol. The number of nitrogens with zero attached hydrogens (tertiary/aromatic N) is 3. The smallest absolute Gasteiger partial charge is 0.338 e. The summed E-state index contributed by atoms with van der Waals surface area (Å²) in [5, 5.41) is 41.1. The monoisotopic (exact) mass is 676 g/mol. The molecule has 15 nitrogen and oxygen atoms in total. The van der Waals surface area contributed by atoms with Crippen LogP contribution >= 0.6 is 11.6 Å². The zero-order chi connectivity index (χ0) is 33.9. The number of esters is 1. The van der Waals surface area contributed by atoms with Crippen molar-refractivity contribution in [1.29, 1.82) is 0 Å². The Bertz CT molecular complexity index is 1520. The number of carbonyl (C=O) groups excluding carboxylic acids is 3. The van der Waals surface area contributed by atoms with Crippen LogP contribution < -0.4 is 14.8 Å². The minimum Gasteiger partial charge on any atom is -0.493 e. The zero-order valence-corrected chi connectivity index (χ0v) is 26.5. The highest BCUT2D eigenvalue weighted by Crippen LogP contribution is 2.37. The number of aliphatic hydroxyl groups is 3. The molecule has 2 aromatic carbocycles. The number of aryl methyl sites for hydroxylation is 2. The van der Waals surface area contributed by atoms with Gasteiger partial charge in [-0.3, -0.25) is 9.48 Å². The Labute approximate surface area is 275 Å². The third kappa shape index (κ3) is 9.70. The van der Waals surface area contributed by atoms with Crippen LogP contribution in [0.4, 0.5) is 5.69 Å². The molecule has 5 atom stereocenters. The second kappa shape index (κ2) is 17.2. The standard InChI is InChI=1S/C31H37ClN4O11/c1-43-23-14-19(30(42)46-17-24-26(39)27(40)28(41)31(44-2)47-24)13-22(32)29(23)45-16-18-6-5-7-20(12-18)33-25(38)9-8-21-15-36(35-34-21)10-3-4-11-37/h5-7,11-15,24,26-28,31,39-41H,3-4,8-10,16-17H2,1-2H3,(H,33,38)/t24-,26-,27+,28-,31+/m1/s1. The van der Waals surface area contributed by atoms with Crippen molar-refractivity contribution < 1.29 is 53.4 Å². The second-order valence-corrected chi connectivity index (χ2v) is 11.1. The second-order valence-electron chi connectivity index (χ2n) is 10.7. The molecule has 1 aromatic heterocycles. The van der Waals surface area contributed by atoms with Crippen LogP contribution in [0.15, 0.2) is 42.6 Å².